The first-order chi connectivity index (χ1) is 8.36. The molecule has 0 bridgehead atoms. The van der Waals surface area contributed by atoms with Gasteiger partial charge >= 0.3 is 0 Å². The van der Waals surface area contributed by atoms with Crippen molar-refractivity contribution in [1.29, 1.82) is 0 Å². The van der Waals surface area contributed by atoms with Crippen LogP contribution in [0.3, 0.4) is 0 Å². The van der Waals surface area contributed by atoms with Gasteiger partial charge in [0.2, 0.25) is 5.91 Å². The molecule has 1 atom stereocenters. The first-order valence-electron chi connectivity index (χ1n) is 6.96. The minimum atomic E-state index is -0.282. The van der Waals surface area contributed by atoms with Crippen molar-refractivity contribution in [2.24, 2.45) is 5.92 Å². The van der Waals surface area contributed by atoms with E-state index in [1.54, 1.807) is 0 Å². The highest BCUT2D eigenvalue weighted by Crippen LogP contribution is 2.25. The van der Waals surface area contributed by atoms with Crippen LogP contribution in [0, 0.1) is 5.92 Å². The fourth-order valence-electron chi connectivity index (χ4n) is 2.72. The monoisotopic (exact) mass is 276 g/mol. The standard InChI is InChI=1S/C13H24N2O2.ClH/c16-13(12-10-14-8-9-17-12)15-7-6-11-4-2-1-3-5-11;/h11-12,14H,1-10H2,(H,15,16);1H. The summed E-state index contributed by atoms with van der Waals surface area (Å²) >= 11 is 0. The summed E-state index contributed by atoms with van der Waals surface area (Å²) in [5.74, 6) is 0.877. The Morgan fingerprint density at radius 3 is 2.72 bits per heavy atom. The molecular weight excluding hydrogens is 252 g/mol. The molecule has 1 heterocycles. The number of halogens is 1. The van der Waals surface area contributed by atoms with Gasteiger partial charge in [-0.05, 0) is 12.3 Å². The van der Waals surface area contributed by atoms with Gasteiger partial charge in [0, 0.05) is 19.6 Å². The quantitative estimate of drug-likeness (QED) is 0.818. The molecule has 0 radical (unpaired) electrons. The van der Waals surface area contributed by atoms with Gasteiger partial charge in [-0.2, -0.15) is 0 Å². The Balaban J connectivity index is 0.00000162. The third kappa shape index (κ3) is 5.12. The van der Waals surface area contributed by atoms with E-state index in [0.29, 0.717) is 13.2 Å². The third-order valence-electron chi connectivity index (χ3n) is 3.80. The molecule has 1 saturated carbocycles. The molecule has 2 N–H and O–H groups in total. The summed E-state index contributed by atoms with van der Waals surface area (Å²) in [4.78, 5) is 11.8. The van der Waals surface area contributed by atoms with Gasteiger partial charge in [0.1, 0.15) is 6.10 Å². The maximum absolute atomic E-state index is 11.8. The highest BCUT2D eigenvalue weighted by molar-refractivity contribution is 5.85. The van der Waals surface area contributed by atoms with Gasteiger partial charge in [0.05, 0.1) is 6.61 Å². The molecule has 18 heavy (non-hydrogen) atoms. The van der Waals surface area contributed by atoms with E-state index in [1.807, 2.05) is 0 Å². The van der Waals surface area contributed by atoms with Crippen molar-refractivity contribution in [3.8, 4) is 0 Å². The Bertz CT molecular complexity index is 239. The summed E-state index contributed by atoms with van der Waals surface area (Å²) in [6.07, 6.45) is 7.67. The molecule has 1 saturated heterocycles. The van der Waals surface area contributed by atoms with E-state index >= 15 is 0 Å². The lowest BCUT2D eigenvalue weighted by Crippen LogP contribution is -2.48. The number of morpholine rings is 1. The first-order valence-corrected chi connectivity index (χ1v) is 6.96. The zero-order valence-corrected chi connectivity index (χ0v) is 11.8. The Morgan fingerprint density at radius 1 is 1.28 bits per heavy atom. The largest absolute Gasteiger partial charge is 0.366 e. The van der Waals surface area contributed by atoms with Crippen molar-refractivity contribution >= 4 is 18.3 Å². The van der Waals surface area contributed by atoms with Gasteiger partial charge < -0.3 is 15.4 Å². The second kappa shape index (κ2) is 8.73. The molecular formula is C13H25ClN2O2. The summed E-state index contributed by atoms with van der Waals surface area (Å²) in [6, 6.07) is 0. The SMILES string of the molecule is Cl.O=C(NCCC1CCCCC1)C1CNCCO1. The average molecular weight is 277 g/mol. The van der Waals surface area contributed by atoms with Gasteiger partial charge in [0.25, 0.3) is 0 Å². The molecule has 4 nitrogen and oxygen atoms in total. The molecule has 1 aliphatic heterocycles. The van der Waals surface area contributed by atoms with Gasteiger partial charge in [0.15, 0.2) is 0 Å². The maximum Gasteiger partial charge on any atom is 0.250 e. The minimum Gasteiger partial charge on any atom is -0.366 e. The summed E-state index contributed by atoms with van der Waals surface area (Å²) in [5, 5.41) is 6.17. The van der Waals surface area contributed by atoms with Gasteiger partial charge in [-0.3, -0.25) is 4.79 Å². The van der Waals surface area contributed by atoms with E-state index in [0.717, 1.165) is 25.4 Å². The van der Waals surface area contributed by atoms with Crippen LogP contribution in [-0.4, -0.2) is 38.3 Å². The van der Waals surface area contributed by atoms with E-state index in [9.17, 15) is 4.79 Å². The van der Waals surface area contributed by atoms with Crippen LogP contribution in [0.25, 0.3) is 0 Å². The van der Waals surface area contributed by atoms with Crippen molar-refractivity contribution in [2.45, 2.75) is 44.6 Å². The highest BCUT2D eigenvalue weighted by Gasteiger charge is 2.21. The maximum atomic E-state index is 11.8. The van der Waals surface area contributed by atoms with Crippen LogP contribution in [0.2, 0.25) is 0 Å². The predicted octanol–water partition coefficient (Wildman–Crippen LogP) is 1.48. The molecule has 0 aromatic rings. The second-order valence-electron chi connectivity index (χ2n) is 5.15. The molecule has 2 rings (SSSR count). The number of rotatable bonds is 4. The number of nitrogens with one attached hydrogen (secondary N) is 2. The Kier molecular flexibility index (Phi) is 7.63. The van der Waals surface area contributed by atoms with Crippen molar-refractivity contribution in [2.75, 3.05) is 26.2 Å². The Hall–Kier alpha value is -0.320. The van der Waals surface area contributed by atoms with Crippen LogP contribution >= 0.6 is 12.4 Å². The first kappa shape index (κ1) is 15.7. The smallest absolute Gasteiger partial charge is 0.250 e. The summed E-state index contributed by atoms with van der Waals surface area (Å²) in [5.41, 5.74) is 0. The van der Waals surface area contributed by atoms with E-state index in [-0.39, 0.29) is 24.4 Å². The second-order valence-corrected chi connectivity index (χ2v) is 5.15. The molecule has 1 unspecified atom stereocenters. The third-order valence-corrected chi connectivity index (χ3v) is 3.80. The fraction of sp³-hybridized carbons (Fsp3) is 0.923. The predicted molar refractivity (Wildman–Crippen MR) is 74.1 cm³/mol. The molecule has 106 valence electrons. The molecule has 1 aliphatic carbocycles. The summed E-state index contributed by atoms with van der Waals surface area (Å²) < 4.78 is 5.41. The van der Waals surface area contributed by atoms with Crippen molar-refractivity contribution in [3.05, 3.63) is 0 Å². The van der Waals surface area contributed by atoms with Crippen molar-refractivity contribution in [3.63, 3.8) is 0 Å². The molecule has 2 aliphatic rings. The Morgan fingerprint density at radius 2 is 2.06 bits per heavy atom. The van der Waals surface area contributed by atoms with E-state index in [1.165, 1.54) is 32.1 Å². The molecule has 0 aromatic carbocycles. The number of amides is 1. The number of ether oxygens (including phenoxy) is 1. The van der Waals surface area contributed by atoms with Crippen LogP contribution in [0.1, 0.15) is 38.5 Å². The lowest BCUT2D eigenvalue weighted by atomic mass is 9.87. The van der Waals surface area contributed by atoms with Crippen LogP contribution in [0.15, 0.2) is 0 Å². The van der Waals surface area contributed by atoms with Crippen LogP contribution < -0.4 is 10.6 Å². The van der Waals surface area contributed by atoms with Gasteiger partial charge in [-0.25, -0.2) is 0 Å². The average Bonchev–Trinajstić information content (AvgIpc) is 2.41. The molecule has 2 fully saturated rings. The molecule has 5 heteroatoms. The highest BCUT2D eigenvalue weighted by atomic mass is 35.5. The zero-order chi connectivity index (χ0) is 11.9. The van der Waals surface area contributed by atoms with Gasteiger partial charge in [-0.15, -0.1) is 12.4 Å². The zero-order valence-electron chi connectivity index (χ0n) is 11.0. The lowest BCUT2D eigenvalue weighted by Gasteiger charge is -2.24. The molecule has 0 aromatic heterocycles. The van der Waals surface area contributed by atoms with Gasteiger partial charge in [-0.1, -0.05) is 32.1 Å². The Labute approximate surface area is 116 Å². The number of carbonyl (C=O) groups is 1. The van der Waals surface area contributed by atoms with Crippen LogP contribution in [0.4, 0.5) is 0 Å². The lowest BCUT2D eigenvalue weighted by molar-refractivity contribution is -0.134. The van der Waals surface area contributed by atoms with E-state index < -0.39 is 0 Å². The molecule has 0 spiro atoms. The number of hydrogen-bond acceptors (Lipinski definition) is 3. The summed E-state index contributed by atoms with van der Waals surface area (Å²) in [6.45, 7) is 2.95. The van der Waals surface area contributed by atoms with Crippen molar-refractivity contribution in [1.82, 2.24) is 10.6 Å². The number of hydrogen-bond donors (Lipinski definition) is 2. The fourth-order valence-corrected chi connectivity index (χ4v) is 2.72. The van der Waals surface area contributed by atoms with Crippen LogP contribution in [0.5, 0.6) is 0 Å². The van der Waals surface area contributed by atoms with E-state index in [4.69, 9.17) is 4.74 Å². The van der Waals surface area contributed by atoms with E-state index in [2.05, 4.69) is 10.6 Å². The minimum absolute atomic E-state index is 0. The number of carbonyl (C=O) groups excluding carboxylic acids is 1. The summed E-state index contributed by atoms with van der Waals surface area (Å²) in [7, 11) is 0. The topological polar surface area (TPSA) is 50.4 Å². The molecule has 1 amide bonds. The normalized spacial score (nSPS) is 25.2. The van der Waals surface area contributed by atoms with Crippen LogP contribution in [-0.2, 0) is 9.53 Å². The van der Waals surface area contributed by atoms with Crippen molar-refractivity contribution < 1.29 is 9.53 Å².